The van der Waals surface area contributed by atoms with E-state index < -0.39 is 5.97 Å². The fraction of sp³-hybridized carbons (Fsp3) is 0. The number of carboxylic acids is 1. The average molecular weight is 302 g/mol. The molecule has 2 aromatic rings. The van der Waals surface area contributed by atoms with Gasteiger partial charge in [0.1, 0.15) is 5.82 Å². The molecule has 6 heteroatoms. The molecule has 1 aromatic carbocycles. The molecule has 0 saturated heterocycles. The van der Waals surface area contributed by atoms with Gasteiger partial charge in [-0.15, -0.1) is 11.3 Å². The predicted molar refractivity (Wildman–Crippen MR) is 62.2 cm³/mol. The molecule has 0 bridgehead atoms. The Morgan fingerprint density at radius 2 is 2.25 bits per heavy atom. The fourth-order valence-electron chi connectivity index (χ4n) is 1.19. The molecule has 1 aromatic heterocycles. The molecule has 82 valence electrons. The summed E-state index contributed by atoms with van der Waals surface area (Å²) in [6.45, 7) is 0. The summed E-state index contributed by atoms with van der Waals surface area (Å²) in [7, 11) is 0. The van der Waals surface area contributed by atoms with Gasteiger partial charge in [-0.25, -0.2) is 14.2 Å². The number of halogens is 2. The number of nitrogens with zero attached hydrogens (tertiary/aromatic N) is 1. The SMILES string of the molecule is O=C(O)c1nc(-c2ccc(F)cc2Br)cs1. The summed E-state index contributed by atoms with van der Waals surface area (Å²) in [6.07, 6.45) is 0. The van der Waals surface area contributed by atoms with Gasteiger partial charge < -0.3 is 5.11 Å². The summed E-state index contributed by atoms with van der Waals surface area (Å²) >= 11 is 4.25. The van der Waals surface area contributed by atoms with E-state index in [4.69, 9.17) is 5.11 Å². The summed E-state index contributed by atoms with van der Waals surface area (Å²) in [5.74, 6) is -1.42. The maximum Gasteiger partial charge on any atom is 0.365 e. The molecule has 0 amide bonds. The lowest BCUT2D eigenvalue weighted by Crippen LogP contribution is -1.94. The Hall–Kier alpha value is -1.27. The fourth-order valence-corrected chi connectivity index (χ4v) is 2.40. The molecule has 0 aliphatic rings. The highest BCUT2D eigenvalue weighted by Gasteiger charge is 2.12. The van der Waals surface area contributed by atoms with Crippen LogP contribution in [0, 0.1) is 5.82 Å². The van der Waals surface area contributed by atoms with Crippen LogP contribution >= 0.6 is 27.3 Å². The number of rotatable bonds is 2. The average Bonchev–Trinajstić information content (AvgIpc) is 2.66. The summed E-state index contributed by atoms with van der Waals surface area (Å²) in [5, 5.41) is 10.4. The second kappa shape index (κ2) is 4.31. The zero-order chi connectivity index (χ0) is 11.7. The molecule has 1 N–H and O–H groups in total. The van der Waals surface area contributed by atoms with Crippen LogP contribution in [0.5, 0.6) is 0 Å². The van der Waals surface area contributed by atoms with Crippen molar-refractivity contribution in [2.75, 3.05) is 0 Å². The van der Waals surface area contributed by atoms with Crippen LogP contribution in [0.15, 0.2) is 28.1 Å². The van der Waals surface area contributed by atoms with E-state index in [1.165, 1.54) is 12.1 Å². The highest BCUT2D eigenvalue weighted by molar-refractivity contribution is 9.10. The van der Waals surface area contributed by atoms with E-state index in [1.807, 2.05) is 0 Å². The van der Waals surface area contributed by atoms with Gasteiger partial charge in [-0.1, -0.05) is 0 Å². The quantitative estimate of drug-likeness (QED) is 0.925. The van der Waals surface area contributed by atoms with Gasteiger partial charge in [0.05, 0.1) is 5.69 Å². The van der Waals surface area contributed by atoms with Crippen LogP contribution in [-0.4, -0.2) is 16.1 Å². The summed E-state index contributed by atoms with van der Waals surface area (Å²) in [6, 6.07) is 4.18. The predicted octanol–water partition coefficient (Wildman–Crippen LogP) is 3.41. The first-order chi connectivity index (χ1) is 7.58. The Morgan fingerprint density at radius 1 is 1.50 bits per heavy atom. The van der Waals surface area contributed by atoms with Crippen molar-refractivity contribution in [1.82, 2.24) is 4.98 Å². The molecule has 1 heterocycles. The second-order valence-corrected chi connectivity index (χ2v) is 4.68. The van der Waals surface area contributed by atoms with Crippen molar-refractivity contribution in [2.45, 2.75) is 0 Å². The lowest BCUT2D eigenvalue weighted by Gasteiger charge is -2.00. The molecule has 16 heavy (non-hydrogen) atoms. The van der Waals surface area contributed by atoms with Crippen LogP contribution in [0.25, 0.3) is 11.3 Å². The zero-order valence-corrected chi connectivity index (χ0v) is 10.2. The van der Waals surface area contributed by atoms with Crippen LogP contribution in [0.3, 0.4) is 0 Å². The van der Waals surface area contributed by atoms with Crippen molar-refractivity contribution in [2.24, 2.45) is 0 Å². The smallest absolute Gasteiger partial charge is 0.365 e. The number of aromatic carboxylic acids is 1. The number of hydrogen-bond donors (Lipinski definition) is 1. The Labute approximate surface area is 103 Å². The first-order valence-corrected chi connectivity index (χ1v) is 5.89. The van der Waals surface area contributed by atoms with Gasteiger partial charge in [-0.3, -0.25) is 0 Å². The van der Waals surface area contributed by atoms with Crippen LogP contribution < -0.4 is 0 Å². The minimum atomic E-state index is -1.06. The Bertz CT molecular complexity index is 556. The maximum atomic E-state index is 12.9. The second-order valence-electron chi connectivity index (χ2n) is 2.97. The molecular weight excluding hydrogens is 297 g/mol. The molecule has 0 unspecified atom stereocenters. The van der Waals surface area contributed by atoms with Crippen LogP contribution in [0.4, 0.5) is 4.39 Å². The maximum absolute atomic E-state index is 12.9. The number of hydrogen-bond acceptors (Lipinski definition) is 3. The topological polar surface area (TPSA) is 50.2 Å². The van der Waals surface area contributed by atoms with Gasteiger partial charge in [0.25, 0.3) is 0 Å². The third kappa shape index (κ3) is 2.12. The molecule has 0 atom stereocenters. The Kier molecular flexibility index (Phi) is 3.02. The largest absolute Gasteiger partial charge is 0.476 e. The van der Waals surface area contributed by atoms with Gasteiger partial charge in [0.2, 0.25) is 5.01 Å². The molecule has 0 saturated carbocycles. The molecule has 0 spiro atoms. The molecule has 0 fully saturated rings. The molecule has 3 nitrogen and oxygen atoms in total. The van der Waals surface area contributed by atoms with Crippen LogP contribution in [0.2, 0.25) is 0 Å². The van der Waals surface area contributed by atoms with Gasteiger partial charge in [0.15, 0.2) is 0 Å². The van der Waals surface area contributed by atoms with Crippen molar-refractivity contribution in [3.63, 3.8) is 0 Å². The van der Waals surface area contributed by atoms with Crippen molar-refractivity contribution in [3.05, 3.63) is 38.9 Å². The number of thiazole rings is 1. The van der Waals surface area contributed by atoms with E-state index in [0.717, 1.165) is 11.3 Å². The Morgan fingerprint density at radius 3 is 2.81 bits per heavy atom. The lowest BCUT2D eigenvalue weighted by atomic mass is 10.2. The first kappa shape index (κ1) is 11.2. The van der Waals surface area contributed by atoms with E-state index in [9.17, 15) is 9.18 Å². The highest BCUT2D eigenvalue weighted by atomic mass is 79.9. The number of carboxylic acid groups (broad SMARTS) is 1. The van der Waals surface area contributed by atoms with Gasteiger partial charge in [0, 0.05) is 15.4 Å². The minimum absolute atomic E-state index is 0.0197. The molecule has 0 aliphatic heterocycles. The lowest BCUT2D eigenvalue weighted by molar-refractivity contribution is 0.0696. The number of carbonyl (C=O) groups is 1. The van der Waals surface area contributed by atoms with Crippen molar-refractivity contribution in [3.8, 4) is 11.3 Å². The van der Waals surface area contributed by atoms with E-state index in [-0.39, 0.29) is 10.8 Å². The van der Waals surface area contributed by atoms with Crippen molar-refractivity contribution in [1.29, 1.82) is 0 Å². The van der Waals surface area contributed by atoms with E-state index in [1.54, 1.807) is 11.4 Å². The summed E-state index contributed by atoms with van der Waals surface area (Å²) in [4.78, 5) is 14.6. The first-order valence-electron chi connectivity index (χ1n) is 4.22. The number of aromatic nitrogens is 1. The molecule has 0 aliphatic carbocycles. The normalized spacial score (nSPS) is 10.4. The molecule has 2 rings (SSSR count). The van der Waals surface area contributed by atoms with E-state index in [0.29, 0.717) is 15.7 Å². The van der Waals surface area contributed by atoms with Crippen LogP contribution in [-0.2, 0) is 0 Å². The van der Waals surface area contributed by atoms with E-state index in [2.05, 4.69) is 20.9 Å². The standard InChI is InChI=1S/C10H5BrFNO2S/c11-7-3-5(12)1-2-6(7)8-4-16-9(13-8)10(14)15/h1-4H,(H,14,15). The van der Waals surface area contributed by atoms with E-state index >= 15 is 0 Å². The molecular formula is C10H5BrFNO2S. The van der Waals surface area contributed by atoms with Crippen molar-refractivity contribution < 1.29 is 14.3 Å². The third-order valence-corrected chi connectivity index (χ3v) is 3.38. The zero-order valence-electron chi connectivity index (χ0n) is 7.78. The van der Waals surface area contributed by atoms with Crippen LogP contribution in [0.1, 0.15) is 9.80 Å². The van der Waals surface area contributed by atoms with Gasteiger partial charge in [-0.2, -0.15) is 0 Å². The third-order valence-electron chi connectivity index (χ3n) is 1.89. The summed E-state index contributed by atoms with van der Waals surface area (Å²) in [5.41, 5.74) is 1.19. The summed E-state index contributed by atoms with van der Waals surface area (Å²) < 4.78 is 13.4. The van der Waals surface area contributed by atoms with Gasteiger partial charge in [-0.05, 0) is 34.1 Å². The van der Waals surface area contributed by atoms with Crippen molar-refractivity contribution >= 4 is 33.2 Å². The van der Waals surface area contributed by atoms with Gasteiger partial charge >= 0.3 is 5.97 Å². The number of benzene rings is 1. The molecule has 0 radical (unpaired) electrons. The Balaban J connectivity index is 2.46. The monoisotopic (exact) mass is 301 g/mol. The minimum Gasteiger partial charge on any atom is -0.476 e. The highest BCUT2D eigenvalue weighted by Crippen LogP contribution is 2.29.